The van der Waals surface area contributed by atoms with Gasteiger partial charge in [-0.1, -0.05) is 12.7 Å². The van der Waals surface area contributed by atoms with Crippen molar-refractivity contribution in [3.8, 4) is 0 Å². The molecule has 4 atom stereocenters. The van der Waals surface area contributed by atoms with Gasteiger partial charge < -0.3 is 14.2 Å². The molecule has 3 aliphatic carbocycles. The van der Waals surface area contributed by atoms with Crippen molar-refractivity contribution in [3.05, 3.63) is 24.8 Å². The molecule has 3 saturated carbocycles. The second-order valence-corrected chi connectivity index (χ2v) is 8.26. The Hall–Kier alpha value is -1.62. The van der Waals surface area contributed by atoms with Gasteiger partial charge in [-0.05, 0) is 63.7 Å². The summed E-state index contributed by atoms with van der Waals surface area (Å²) >= 11 is 0. The fourth-order valence-corrected chi connectivity index (χ4v) is 4.74. The summed E-state index contributed by atoms with van der Waals surface area (Å²) in [6.45, 7) is 9.87. The Morgan fingerprint density at radius 1 is 1.15 bits per heavy atom. The van der Waals surface area contributed by atoms with Crippen LogP contribution in [0.25, 0.3) is 0 Å². The normalized spacial score (nSPS) is 31.6. The molecule has 0 aromatic carbocycles. The molecule has 0 spiro atoms. The van der Waals surface area contributed by atoms with Crippen molar-refractivity contribution in [1.82, 2.24) is 0 Å². The lowest BCUT2D eigenvalue weighted by Crippen LogP contribution is -2.36. The average molecular weight is 362 g/mol. The molecule has 0 radical (unpaired) electrons. The van der Waals surface area contributed by atoms with Crippen LogP contribution in [-0.2, 0) is 23.8 Å². The van der Waals surface area contributed by atoms with Gasteiger partial charge in [-0.25, -0.2) is 4.79 Å². The number of carbonyl (C=O) groups excluding carboxylic acids is 2. The zero-order chi connectivity index (χ0) is 18.7. The van der Waals surface area contributed by atoms with E-state index in [0.717, 1.165) is 44.9 Å². The SMILES string of the molecule is C=CCOCC(=C)C(=O)OC1CC2CC1CC2C(=O)OC1(C)CCCC1. The van der Waals surface area contributed by atoms with Crippen molar-refractivity contribution < 1.29 is 23.8 Å². The van der Waals surface area contributed by atoms with Gasteiger partial charge in [0.25, 0.3) is 0 Å². The maximum atomic E-state index is 12.6. The van der Waals surface area contributed by atoms with E-state index in [1.165, 1.54) is 0 Å². The Morgan fingerprint density at radius 2 is 1.88 bits per heavy atom. The number of esters is 2. The number of fused-ring (bicyclic) bond motifs is 2. The van der Waals surface area contributed by atoms with Crippen molar-refractivity contribution in [2.24, 2.45) is 17.8 Å². The van der Waals surface area contributed by atoms with Gasteiger partial charge in [0, 0.05) is 0 Å². The minimum absolute atomic E-state index is 0.0356. The Labute approximate surface area is 155 Å². The van der Waals surface area contributed by atoms with Crippen LogP contribution in [0.5, 0.6) is 0 Å². The summed E-state index contributed by atoms with van der Waals surface area (Å²) in [5, 5.41) is 0. The molecule has 0 N–H and O–H groups in total. The molecule has 3 aliphatic rings. The van der Waals surface area contributed by atoms with E-state index in [-0.39, 0.29) is 42.0 Å². The highest BCUT2D eigenvalue weighted by molar-refractivity contribution is 5.88. The first-order chi connectivity index (χ1) is 12.4. The topological polar surface area (TPSA) is 61.8 Å². The highest BCUT2D eigenvalue weighted by Gasteiger charge is 2.51. The highest BCUT2D eigenvalue weighted by atomic mass is 16.6. The van der Waals surface area contributed by atoms with Crippen molar-refractivity contribution in [2.75, 3.05) is 13.2 Å². The number of hydrogen-bond donors (Lipinski definition) is 0. The van der Waals surface area contributed by atoms with Crippen molar-refractivity contribution in [1.29, 1.82) is 0 Å². The fourth-order valence-electron chi connectivity index (χ4n) is 4.74. The van der Waals surface area contributed by atoms with Crippen LogP contribution in [0.4, 0.5) is 0 Å². The van der Waals surface area contributed by atoms with Crippen molar-refractivity contribution >= 4 is 11.9 Å². The lowest BCUT2D eigenvalue weighted by molar-refractivity contribution is -0.165. The van der Waals surface area contributed by atoms with Gasteiger partial charge in [-0.15, -0.1) is 6.58 Å². The molecule has 0 aromatic rings. The van der Waals surface area contributed by atoms with Gasteiger partial charge in [0.15, 0.2) is 0 Å². The zero-order valence-electron chi connectivity index (χ0n) is 15.7. The third-order valence-electron chi connectivity index (χ3n) is 6.16. The lowest BCUT2D eigenvalue weighted by atomic mass is 9.87. The minimum atomic E-state index is -0.399. The van der Waals surface area contributed by atoms with E-state index >= 15 is 0 Å². The zero-order valence-corrected chi connectivity index (χ0v) is 15.7. The molecular weight excluding hydrogens is 332 g/mol. The smallest absolute Gasteiger partial charge is 0.336 e. The molecule has 3 rings (SSSR count). The van der Waals surface area contributed by atoms with E-state index in [4.69, 9.17) is 14.2 Å². The number of hydrogen-bond acceptors (Lipinski definition) is 5. The summed E-state index contributed by atoms with van der Waals surface area (Å²) < 4.78 is 16.7. The molecular formula is C21H30O5. The molecule has 4 unspecified atom stereocenters. The summed E-state index contributed by atoms with van der Waals surface area (Å²) in [6, 6.07) is 0. The predicted octanol–water partition coefficient (Wildman–Crippen LogP) is 3.58. The number of carbonyl (C=O) groups is 2. The quantitative estimate of drug-likeness (QED) is 0.286. The summed E-state index contributed by atoms with van der Waals surface area (Å²) in [5.41, 5.74) is 0.0493. The molecule has 2 bridgehead atoms. The molecule has 0 amide bonds. The average Bonchev–Trinajstić information content (AvgIpc) is 3.30. The van der Waals surface area contributed by atoms with Crippen LogP contribution in [0.15, 0.2) is 24.8 Å². The molecule has 0 aliphatic heterocycles. The Balaban J connectivity index is 1.46. The molecule has 26 heavy (non-hydrogen) atoms. The fraction of sp³-hybridized carbons (Fsp3) is 0.714. The van der Waals surface area contributed by atoms with Crippen LogP contribution in [0.2, 0.25) is 0 Å². The number of ether oxygens (including phenoxy) is 3. The second kappa shape index (κ2) is 7.95. The van der Waals surface area contributed by atoms with E-state index in [1.54, 1.807) is 6.08 Å². The molecule has 0 saturated heterocycles. The monoisotopic (exact) mass is 362 g/mol. The Bertz CT molecular complexity index is 575. The second-order valence-electron chi connectivity index (χ2n) is 8.26. The standard InChI is InChI=1S/C21H30O5/c1-4-9-24-13-14(2)19(22)25-18-12-15-10-16(18)11-17(15)20(23)26-21(3)7-5-6-8-21/h4,15-18H,1-2,5-13H2,3H3. The van der Waals surface area contributed by atoms with E-state index in [0.29, 0.717) is 12.2 Å². The van der Waals surface area contributed by atoms with Crippen LogP contribution in [0.1, 0.15) is 51.9 Å². The molecule has 5 heteroatoms. The van der Waals surface area contributed by atoms with E-state index in [2.05, 4.69) is 20.1 Å². The van der Waals surface area contributed by atoms with Gasteiger partial charge in [0.05, 0.1) is 24.7 Å². The predicted molar refractivity (Wildman–Crippen MR) is 97.3 cm³/mol. The van der Waals surface area contributed by atoms with E-state index < -0.39 is 5.97 Å². The number of rotatable bonds is 8. The van der Waals surface area contributed by atoms with Crippen molar-refractivity contribution in [2.45, 2.75) is 63.6 Å². The summed E-state index contributed by atoms with van der Waals surface area (Å²) in [6.07, 6.45) is 8.16. The van der Waals surface area contributed by atoms with Gasteiger partial charge in [0.2, 0.25) is 0 Å². The van der Waals surface area contributed by atoms with E-state index in [1.807, 2.05) is 0 Å². The first-order valence-corrected chi connectivity index (χ1v) is 9.72. The summed E-state index contributed by atoms with van der Waals surface area (Å²) in [5.74, 6) is 0.0324. The maximum Gasteiger partial charge on any atom is 0.336 e. The van der Waals surface area contributed by atoms with E-state index in [9.17, 15) is 9.59 Å². The van der Waals surface area contributed by atoms with Crippen LogP contribution in [0, 0.1) is 17.8 Å². The largest absolute Gasteiger partial charge is 0.459 e. The summed E-state index contributed by atoms with van der Waals surface area (Å²) in [4.78, 5) is 24.7. The van der Waals surface area contributed by atoms with Gasteiger partial charge in [0.1, 0.15) is 11.7 Å². The van der Waals surface area contributed by atoms with Crippen molar-refractivity contribution in [3.63, 3.8) is 0 Å². The van der Waals surface area contributed by atoms with Crippen LogP contribution in [0.3, 0.4) is 0 Å². The third kappa shape index (κ3) is 4.20. The molecule has 0 heterocycles. The first-order valence-electron chi connectivity index (χ1n) is 9.72. The van der Waals surface area contributed by atoms with Gasteiger partial charge in [-0.2, -0.15) is 0 Å². The maximum absolute atomic E-state index is 12.6. The van der Waals surface area contributed by atoms with Crippen LogP contribution in [-0.4, -0.2) is 36.9 Å². The van der Waals surface area contributed by atoms with Gasteiger partial charge in [-0.3, -0.25) is 4.79 Å². The molecule has 5 nitrogen and oxygen atoms in total. The molecule has 3 fully saturated rings. The van der Waals surface area contributed by atoms with Crippen LogP contribution < -0.4 is 0 Å². The Morgan fingerprint density at radius 3 is 2.50 bits per heavy atom. The molecule has 0 aromatic heterocycles. The first kappa shape index (κ1) is 19.2. The van der Waals surface area contributed by atoms with Gasteiger partial charge >= 0.3 is 11.9 Å². The Kier molecular flexibility index (Phi) is 5.86. The minimum Gasteiger partial charge on any atom is -0.459 e. The lowest BCUT2D eigenvalue weighted by Gasteiger charge is -2.30. The molecule has 144 valence electrons. The summed E-state index contributed by atoms with van der Waals surface area (Å²) in [7, 11) is 0. The highest BCUT2D eigenvalue weighted by Crippen LogP contribution is 2.51. The third-order valence-corrected chi connectivity index (χ3v) is 6.16. The van der Waals surface area contributed by atoms with Crippen LogP contribution >= 0.6 is 0 Å².